The summed E-state index contributed by atoms with van der Waals surface area (Å²) in [6.07, 6.45) is 6.41. The van der Waals surface area contributed by atoms with Gasteiger partial charge in [-0.3, -0.25) is 0 Å². The monoisotopic (exact) mass is 556 g/mol. The van der Waals surface area contributed by atoms with Crippen molar-refractivity contribution in [3.05, 3.63) is 119 Å². The molecule has 0 saturated heterocycles. The van der Waals surface area contributed by atoms with E-state index in [1.165, 1.54) is 45.4 Å². The SMILES string of the molecule is C=Cc1nc(N2CCc3cccc(C(=C)Nc4nc5ccccc5s4)c3C2)ccc1-c1ccc(CCCC)cc1C. The smallest absolute Gasteiger partial charge is 0.188 e. The van der Waals surface area contributed by atoms with Crippen LogP contribution in [0.1, 0.15) is 53.3 Å². The van der Waals surface area contributed by atoms with Gasteiger partial charge in [-0.1, -0.05) is 86.4 Å². The molecule has 1 N–H and O–H groups in total. The fourth-order valence-electron chi connectivity index (χ4n) is 5.77. The first-order chi connectivity index (χ1) is 20.0. The summed E-state index contributed by atoms with van der Waals surface area (Å²) < 4.78 is 1.17. The van der Waals surface area contributed by atoms with Crippen LogP contribution in [0, 0.1) is 6.92 Å². The molecule has 0 atom stereocenters. The first-order valence-electron chi connectivity index (χ1n) is 14.4. The number of hydrogen-bond donors (Lipinski definition) is 1. The first kappa shape index (κ1) is 27.0. The van der Waals surface area contributed by atoms with Crippen molar-refractivity contribution in [3.8, 4) is 11.1 Å². The van der Waals surface area contributed by atoms with Gasteiger partial charge in [0.25, 0.3) is 0 Å². The zero-order valence-corrected chi connectivity index (χ0v) is 24.7. The molecule has 0 unspecified atom stereocenters. The maximum Gasteiger partial charge on any atom is 0.188 e. The fourth-order valence-corrected chi connectivity index (χ4v) is 6.66. The van der Waals surface area contributed by atoms with Crippen molar-refractivity contribution in [1.82, 2.24) is 9.97 Å². The van der Waals surface area contributed by atoms with E-state index in [-0.39, 0.29) is 0 Å². The Morgan fingerprint density at radius 3 is 2.68 bits per heavy atom. The number of benzene rings is 3. The highest BCUT2D eigenvalue weighted by molar-refractivity contribution is 7.22. The third kappa shape index (κ3) is 5.55. The summed E-state index contributed by atoms with van der Waals surface area (Å²) in [4.78, 5) is 12.2. The molecule has 0 radical (unpaired) electrons. The third-order valence-electron chi connectivity index (χ3n) is 7.98. The van der Waals surface area contributed by atoms with Crippen LogP contribution < -0.4 is 10.2 Å². The Balaban J connectivity index is 1.25. The highest BCUT2D eigenvalue weighted by atomic mass is 32.1. The number of fused-ring (bicyclic) bond motifs is 2. The normalized spacial score (nSPS) is 12.8. The zero-order chi connectivity index (χ0) is 28.3. The van der Waals surface area contributed by atoms with Gasteiger partial charge < -0.3 is 10.2 Å². The number of aryl methyl sites for hydroxylation is 2. The Morgan fingerprint density at radius 2 is 1.88 bits per heavy atom. The summed E-state index contributed by atoms with van der Waals surface area (Å²) in [5.41, 5.74) is 11.6. The minimum Gasteiger partial charge on any atom is -0.352 e. The molecule has 4 nitrogen and oxygen atoms in total. The summed E-state index contributed by atoms with van der Waals surface area (Å²) in [6.45, 7) is 14.7. The predicted octanol–water partition coefficient (Wildman–Crippen LogP) is 9.30. The van der Waals surface area contributed by atoms with Crippen LogP contribution in [0.4, 0.5) is 10.9 Å². The largest absolute Gasteiger partial charge is 0.352 e. The zero-order valence-electron chi connectivity index (χ0n) is 23.9. The lowest BCUT2D eigenvalue weighted by atomic mass is 9.93. The van der Waals surface area contributed by atoms with Crippen molar-refractivity contribution in [1.29, 1.82) is 0 Å². The maximum atomic E-state index is 5.11. The van der Waals surface area contributed by atoms with Crippen LogP contribution in [-0.4, -0.2) is 16.5 Å². The third-order valence-corrected chi connectivity index (χ3v) is 8.93. The molecule has 3 heterocycles. The summed E-state index contributed by atoms with van der Waals surface area (Å²) in [5, 5.41) is 4.35. The van der Waals surface area contributed by atoms with Crippen LogP contribution in [0.25, 0.3) is 33.1 Å². The lowest BCUT2D eigenvalue weighted by Crippen LogP contribution is -2.32. The molecule has 206 valence electrons. The Hall–Kier alpha value is -4.22. The van der Waals surface area contributed by atoms with Crippen molar-refractivity contribution >= 4 is 44.3 Å². The number of aromatic nitrogens is 2. The predicted molar refractivity (Wildman–Crippen MR) is 177 cm³/mol. The van der Waals surface area contributed by atoms with E-state index in [1.807, 2.05) is 24.3 Å². The molecule has 0 amide bonds. The summed E-state index contributed by atoms with van der Waals surface area (Å²) >= 11 is 1.65. The summed E-state index contributed by atoms with van der Waals surface area (Å²) in [7, 11) is 0. The van der Waals surface area contributed by atoms with Crippen LogP contribution in [0.15, 0.2) is 86.0 Å². The molecule has 41 heavy (non-hydrogen) atoms. The second-order valence-corrected chi connectivity index (χ2v) is 11.8. The number of para-hydroxylation sites is 1. The number of rotatable bonds is 9. The van der Waals surface area contributed by atoms with Gasteiger partial charge in [0.1, 0.15) is 5.82 Å². The average molecular weight is 557 g/mol. The Bertz CT molecular complexity index is 1720. The molecular weight excluding hydrogens is 520 g/mol. The summed E-state index contributed by atoms with van der Waals surface area (Å²) in [5.74, 6) is 0.978. The van der Waals surface area contributed by atoms with Gasteiger partial charge in [-0.25, -0.2) is 9.97 Å². The van der Waals surface area contributed by atoms with E-state index in [4.69, 9.17) is 9.97 Å². The lowest BCUT2D eigenvalue weighted by Gasteiger charge is -2.32. The van der Waals surface area contributed by atoms with Crippen LogP contribution in [-0.2, 0) is 19.4 Å². The first-order valence-corrected chi connectivity index (χ1v) is 15.3. The molecule has 0 bridgehead atoms. The molecule has 6 rings (SSSR count). The van der Waals surface area contributed by atoms with Crippen molar-refractivity contribution in [2.45, 2.75) is 46.1 Å². The molecule has 0 saturated carbocycles. The minimum absolute atomic E-state index is 0.778. The number of pyridine rings is 1. The molecule has 0 aliphatic carbocycles. The van der Waals surface area contributed by atoms with Gasteiger partial charge in [-0.05, 0) is 84.3 Å². The van der Waals surface area contributed by atoms with E-state index in [9.17, 15) is 0 Å². The quantitative estimate of drug-likeness (QED) is 0.196. The van der Waals surface area contributed by atoms with Gasteiger partial charge >= 0.3 is 0 Å². The molecule has 0 spiro atoms. The highest BCUT2D eigenvalue weighted by Crippen LogP contribution is 2.34. The standard InChI is InChI=1S/C36H36N4S/c1-5-7-11-26-16-17-28(24(3)22-26)30-18-19-35(38-32(30)6-2)40-21-20-27-12-10-13-29(31(27)23-40)25(4)37-36-39-33-14-8-9-15-34(33)41-36/h6,8-10,12-19,22H,2,4-5,7,11,20-21,23H2,1,3H3,(H,37,39). The van der Waals surface area contributed by atoms with Gasteiger partial charge in [0.05, 0.1) is 15.9 Å². The number of thiazole rings is 1. The second kappa shape index (κ2) is 11.7. The Morgan fingerprint density at radius 1 is 1.02 bits per heavy atom. The van der Waals surface area contributed by atoms with Gasteiger partial charge in [-0.2, -0.15) is 0 Å². The molecule has 3 aromatic carbocycles. The molecule has 1 aliphatic rings. The van der Waals surface area contributed by atoms with Crippen molar-refractivity contribution in [2.24, 2.45) is 0 Å². The van der Waals surface area contributed by atoms with E-state index >= 15 is 0 Å². The fraction of sp³-hybridized carbons (Fsp3) is 0.222. The molecular formula is C36H36N4S. The van der Waals surface area contributed by atoms with Crippen molar-refractivity contribution in [2.75, 3.05) is 16.8 Å². The van der Waals surface area contributed by atoms with Crippen LogP contribution in [0.2, 0.25) is 0 Å². The van der Waals surface area contributed by atoms with E-state index in [1.54, 1.807) is 11.3 Å². The van der Waals surface area contributed by atoms with E-state index < -0.39 is 0 Å². The average Bonchev–Trinajstić information content (AvgIpc) is 3.41. The van der Waals surface area contributed by atoms with Gasteiger partial charge in [0.2, 0.25) is 0 Å². The van der Waals surface area contributed by atoms with E-state index in [2.05, 4.69) is 91.8 Å². The molecule has 2 aromatic heterocycles. The maximum absolute atomic E-state index is 5.11. The Kier molecular flexibility index (Phi) is 7.71. The van der Waals surface area contributed by atoms with Gasteiger partial charge in [-0.15, -0.1) is 0 Å². The number of nitrogens with one attached hydrogen (secondary N) is 1. The van der Waals surface area contributed by atoms with E-state index in [0.29, 0.717) is 0 Å². The van der Waals surface area contributed by atoms with Crippen LogP contribution >= 0.6 is 11.3 Å². The van der Waals surface area contributed by atoms with Crippen LogP contribution in [0.3, 0.4) is 0 Å². The summed E-state index contributed by atoms with van der Waals surface area (Å²) in [6, 6.07) is 25.9. The molecule has 5 aromatic rings. The number of hydrogen-bond acceptors (Lipinski definition) is 5. The van der Waals surface area contributed by atoms with E-state index in [0.717, 1.165) is 64.9 Å². The Labute approximate surface area is 247 Å². The lowest BCUT2D eigenvalue weighted by molar-refractivity contribution is 0.719. The molecule has 0 fully saturated rings. The second-order valence-electron chi connectivity index (χ2n) is 10.8. The number of unbranched alkanes of at least 4 members (excludes halogenated alkanes) is 1. The number of nitrogens with zero attached hydrogens (tertiary/aromatic N) is 3. The molecule has 5 heteroatoms. The highest BCUT2D eigenvalue weighted by Gasteiger charge is 2.22. The number of anilines is 2. The molecule has 1 aliphatic heterocycles. The van der Waals surface area contributed by atoms with Crippen molar-refractivity contribution < 1.29 is 0 Å². The van der Waals surface area contributed by atoms with Crippen LogP contribution in [0.5, 0.6) is 0 Å². The van der Waals surface area contributed by atoms with Gasteiger partial charge in [0.15, 0.2) is 5.13 Å². The minimum atomic E-state index is 0.778. The topological polar surface area (TPSA) is 41.1 Å². The van der Waals surface area contributed by atoms with Crippen molar-refractivity contribution in [3.63, 3.8) is 0 Å². The van der Waals surface area contributed by atoms with Gasteiger partial charge in [0, 0.05) is 29.9 Å².